The standard InChI is InChI=1S/C16H30O3/c1-5-6-13-7-9-16(10-8-13,14(17)18)12-11-15(2,3)19-4/h13H,5-12H2,1-4H3,(H,17,18). The number of hydrogen-bond acceptors (Lipinski definition) is 2. The molecule has 0 radical (unpaired) electrons. The molecular weight excluding hydrogens is 240 g/mol. The van der Waals surface area contributed by atoms with Crippen LogP contribution < -0.4 is 0 Å². The highest BCUT2D eigenvalue weighted by Crippen LogP contribution is 2.45. The van der Waals surface area contributed by atoms with Gasteiger partial charge in [-0.05, 0) is 58.3 Å². The quantitative estimate of drug-likeness (QED) is 0.752. The predicted molar refractivity (Wildman–Crippen MR) is 77.3 cm³/mol. The van der Waals surface area contributed by atoms with Crippen LogP contribution in [-0.2, 0) is 9.53 Å². The molecule has 1 aliphatic rings. The van der Waals surface area contributed by atoms with Crippen molar-refractivity contribution in [2.24, 2.45) is 11.3 Å². The molecule has 112 valence electrons. The van der Waals surface area contributed by atoms with Gasteiger partial charge in [-0.1, -0.05) is 19.8 Å². The Balaban J connectivity index is 2.60. The van der Waals surface area contributed by atoms with E-state index in [0.29, 0.717) is 0 Å². The highest BCUT2D eigenvalue weighted by molar-refractivity contribution is 5.74. The molecule has 19 heavy (non-hydrogen) atoms. The van der Waals surface area contributed by atoms with Crippen LogP contribution in [0.1, 0.15) is 72.1 Å². The molecule has 0 unspecified atom stereocenters. The number of hydrogen-bond donors (Lipinski definition) is 1. The summed E-state index contributed by atoms with van der Waals surface area (Å²) in [5.74, 6) is 0.141. The number of methoxy groups -OCH3 is 1. The highest BCUT2D eigenvalue weighted by atomic mass is 16.5. The average Bonchev–Trinajstić information content (AvgIpc) is 2.38. The highest BCUT2D eigenvalue weighted by Gasteiger charge is 2.42. The van der Waals surface area contributed by atoms with E-state index in [1.807, 2.05) is 13.8 Å². The second kappa shape index (κ2) is 6.74. The van der Waals surface area contributed by atoms with Gasteiger partial charge in [0.25, 0.3) is 0 Å². The molecule has 0 aliphatic heterocycles. The van der Waals surface area contributed by atoms with Crippen molar-refractivity contribution < 1.29 is 14.6 Å². The Bertz CT molecular complexity index is 288. The zero-order valence-electron chi connectivity index (χ0n) is 13.0. The van der Waals surface area contributed by atoms with Gasteiger partial charge in [-0.25, -0.2) is 0 Å². The summed E-state index contributed by atoms with van der Waals surface area (Å²) in [7, 11) is 1.70. The van der Waals surface area contributed by atoms with Gasteiger partial charge in [0, 0.05) is 7.11 Å². The molecule has 0 aromatic heterocycles. The summed E-state index contributed by atoms with van der Waals surface area (Å²) in [6.45, 7) is 6.27. The zero-order chi connectivity index (χ0) is 14.5. The van der Waals surface area contributed by atoms with Crippen LogP contribution >= 0.6 is 0 Å². The van der Waals surface area contributed by atoms with E-state index in [0.717, 1.165) is 44.4 Å². The smallest absolute Gasteiger partial charge is 0.309 e. The molecule has 0 aromatic carbocycles. The molecule has 0 spiro atoms. The van der Waals surface area contributed by atoms with E-state index in [4.69, 9.17) is 4.74 Å². The van der Waals surface area contributed by atoms with E-state index in [1.54, 1.807) is 7.11 Å². The Morgan fingerprint density at radius 1 is 1.37 bits per heavy atom. The number of carboxylic acids is 1. The summed E-state index contributed by atoms with van der Waals surface area (Å²) in [6.07, 6.45) is 7.84. The van der Waals surface area contributed by atoms with Crippen molar-refractivity contribution in [3.63, 3.8) is 0 Å². The fourth-order valence-corrected chi connectivity index (χ4v) is 3.14. The van der Waals surface area contributed by atoms with Crippen LogP contribution in [0.15, 0.2) is 0 Å². The van der Waals surface area contributed by atoms with Gasteiger partial charge in [0.15, 0.2) is 0 Å². The van der Waals surface area contributed by atoms with Crippen molar-refractivity contribution >= 4 is 5.97 Å². The lowest BCUT2D eigenvalue weighted by molar-refractivity contribution is -0.153. The zero-order valence-corrected chi connectivity index (χ0v) is 13.0. The molecule has 0 amide bonds. The third-order valence-corrected chi connectivity index (χ3v) is 4.97. The lowest BCUT2D eigenvalue weighted by Crippen LogP contribution is -2.37. The van der Waals surface area contributed by atoms with Crippen molar-refractivity contribution in [1.29, 1.82) is 0 Å². The molecule has 1 fully saturated rings. The molecule has 0 saturated heterocycles. The van der Waals surface area contributed by atoms with Crippen LogP contribution in [0.4, 0.5) is 0 Å². The van der Waals surface area contributed by atoms with Crippen LogP contribution in [0.2, 0.25) is 0 Å². The molecule has 0 atom stereocenters. The van der Waals surface area contributed by atoms with Gasteiger partial charge in [0.2, 0.25) is 0 Å². The number of aliphatic carboxylic acids is 1. The van der Waals surface area contributed by atoms with Crippen LogP contribution in [-0.4, -0.2) is 23.8 Å². The topological polar surface area (TPSA) is 46.5 Å². The first-order valence-corrected chi connectivity index (χ1v) is 7.64. The first-order chi connectivity index (χ1) is 8.85. The van der Waals surface area contributed by atoms with Gasteiger partial charge in [-0.3, -0.25) is 4.79 Å². The van der Waals surface area contributed by atoms with Gasteiger partial charge in [0.1, 0.15) is 0 Å². The maximum Gasteiger partial charge on any atom is 0.309 e. The van der Waals surface area contributed by atoms with Crippen molar-refractivity contribution in [2.45, 2.75) is 77.7 Å². The number of ether oxygens (including phenoxy) is 1. The maximum atomic E-state index is 11.7. The Morgan fingerprint density at radius 3 is 2.37 bits per heavy atom. The van der Waals surface area contributed by atoms with Gasteiger partial charge in [0.05, 0.1) is 11.0 Å². The summed E-state index contributed by atoms with van der Waals surface area (Å²) in [4.78, 5) is 11.7. The molecular formula is C16H30O3. The number of carboxylic acid groups (broad SMARTS) is 1. The summed E-state index contributed by atoms with van der Waals surface area (Å²) in [6, 6.07) is 0. The second-order valence-corrected chi connectivity index (χ2v) is 6.78. The number of carbonyl (C=O) groups is 1. The number of rotatable bonds is 7. The maximum absolute atomic E-state index is 11.7. The Kier molecular flexibility index (Phi) is 5.84. The summed E-state index contributed by atoms with van der Waals surface area (Å²) < 4.78 is 5.42. The minimum atomic E-state index is -0.602. The minimum Gasteiger partial charge on any atom is -0.481 e. The van der Waals surface area contributed by atoms with Crippen molar-refractivity contribution in [2.75, 3.05) is 7.11 Å². The lowest BCUT2D eigenvalue weighted by Gasteiger charge is -2.38. The Morgan fingerprint density at radius 2 is 1.95 bits per heavy atom. The van der Waals surface area contributed by atoms with E-state index in [2.05, 4.69) is 6.92 Å². The molecule has 0 aromatic rings. The average molecular weight is 270 g/mol. The van der Waals surface area contributed by atoms with E-state index in [1.165, 1.54) is 12.8 Å². The molecule has 3 heteroatoms. The van der Waals surface area contributed by atoms with E-state index >= 15 is 0 Å². The summed E-state index contributed by atoms with van der Waals surface area (Å²) in [5.41, 5.74) is -0.719. The first kappa shape index (κ1) is 16.5. The van der Waals surface area contributed by atoms with E-state index < -0.39 is 11.4 Å². The summed E-state index contributed by atoms with van der Waals surface area (Å²) in [5, 5.41) is 9.63. The fourth-order valence-electron chi connectivity index (χ4n) is 3.14. The molecule has 1 N–H and O–H groups in total. The van der Waals surface area contributed by atoms with Gasteiger partial charge >= 0.3 is 5.97 Å². The molecule has 1 aliphatic carbocycles. The van der Waals surface area contributed by atoms with Crippen LogP contribution in [0.25, 0.3) is 0 Å². The molecule has 0 heterocycles. The lowest BCUT2D eigenvalue weighted by atomic mass is 9.66. The predicted octanol–water partition coefficient (Wildman–Crippen LogP) is 4.25. The Labute approximate surface area is 117 Å². The van der Waals surface area contributed by atoms with Gasteiger partial charge in [-0.15, -0.1) is 0 Å². The SMILES string of the molecule is CCCC1CCC(CCC(C)(C)OC)(C(=O)O)CC1. The molecule has 1 saturated carbocycles. The van der Waals surface area contributed by atoms with Crippen LogP contribution in [0.3, 0.4) is 0 Å². The third-order valence-electron chi connectivity index (χ3n) is 4.97. The summed E-state index contributed by atoms with van der Waals surface area (Å²) >= 11 is 0. The monoisotopic (exact) mass is 270 g/mol. The molecule has 3 nitrogen and oxygen atoms in total. The van der Waals surface area contributed by atoms with Crippen molar-refractivity contribution in [3.05, 3.63) is 0 Å². The van der Waals surface area contributed by atoms with Crippen molar-refractivity contribution in [3.8, 4) is 0 Å². The minimum absolute atomic E-state index is 0.220. The van der Waals surface area contributed by atoms with E-state index in [9.17, 15) is 9.90 Å². The van der Waals surface area contributed by atoms with Crippen LogP contribution in [0, 0.1) is 11.3 Å². The van der Waals surface area contributed by atoms with Gasteiger partial charge < -0.3 is 9.84 Å². The normalized spacial score (nSPS) is 28.3. The Hall–Kier alpha value is -0.570. The molecule has 1 rings (SSSR count). The van der Waals surface area contributed by atoms with E-state index in [-0.39, 0.29) is 5.60 Å². The van der Waals surface area contributed by atoms with Crippen LogP contribution in [0.5, 0.6) is 0 Å². The first-order valence-electron chi connectivity index (χ1n) is 7.64. The van der Waals surface area contributed by atoms with Gasteiger partial charge in [-0.2, -0.15) is 0 Å². The largest absolute Gasteiger partial charge is 0.481 e. The fraction of sp³-hybridized carbons (Fsp3) is 0.938. The van der Waals surface area contributed by atoms with Crippen molar-refractivity contribution in [1.82, 2.24) is 0 Å². The third kappa shape index (κ3) is 4.48. The molecule has 0 bridgehead atoms. The second-order valence-electron chi connectivity index (χ2n) is 6.78.